The van der Waals surface area contributed by atoms with Crippen molar-refractivity contribution in [2.75, 3.05) is 25.7 Å². The van der Waals surface area contributed by atoms with Gasteiger partial charge in [-0.25, -0.2) is 0 Å². The maximum Gasteiger partial charge on any atom is 0.231 e. The van der Waals surface area contributed by atoms with E-state index in [9.17, 15) is 4.79 Å². The van der Waals surface area contributed by atoms with Crippen LogP contribution in [-0.2, 0) is 11.2 Å². The Kier molecular flexibility index (Phi) is 5.63. The summed E-state index contributed by atoms with van der Waals surface area (Å²) in [4.78, 5) is 14.5. The van der Waals surface area contributed by atoms with Gasteiger partial charge >= 0.3 is 0 Å². The van der Waals surface area contributed by atoms with E-state index >= 15 is 0 Å². The second-order valence-electron chi connectivity index (χ2n) is 5.33. The van der Waals surface area contributed by atoms with Crippen molar-refractivity contribution in [2.45, 2.75) is 20.3 Å². The van der Waals surface area contributed by atoms with Gasteiger partial charge in [0, 0.05) is 17.8 Å². The number of hydrogen-bond acceptors (Lipinski definition) is 3. The van der Waals surface area contributed by atoms with Gasteiger partial charge in [-0.05, 0) is 49.7 Å². The van der Waals surface area contributed by atoms with Crippen LogP contribution in [-0.4, -0.2) is 26.7 Å². The molecule has 0 unspecified atom stereocenters. The molecule has 0 aliphatic carbocycles. The van der Waals surface area contributed by atoms with Crippen LogP contribution in [0, 0.1) is 6.92 Å². The number of hydrogen-bond donors (Lipinski definition) is 0. The van der Waals surface area contributed by atoms with Crippen molar-refractivity contribution in [2.24, 2.45) is 0 Å². The van der Waals surface area contributed by atoms with Crippen LogP contribution in [0.5, 0.6) is 11.5 Å². The first-order chi connectivity index (χ1) is 11.1. The van der Waals surface area contributed by atoms with Crippen molar-refractivity contribution in [1.29, 1.82) is 0 Å². The molecule has 0 saturated carbocycles. The molecule has 0 heterocycles. The van der Waals surface area contributed by atoms with Gasteiger partial charge in [-0.1, -0.05) is 12.1 Å². The molecule has 1 amide bonds. The predicted octanol–water partition coefficient (Wildman–Crippen LogP) is 3.61. The number of aryl methyl sites for hydroxylation is 1. The summed E-state index contributed by atoms with van der Waals surface area (Å²) in [5.74, 6) is 1.44. The minimum atomic E-state index is 0.0321. The van der Waals surface area contributed by atoms with E-state index in [4.69, 9.17) is 9.47 Å². The monoisotopic (exact) mass is 313 g/mol. The lowest BCUT2D eigenvalue weighted by atomic mass is 10.1. The lowest BCUT2D eigenvalue weighted by molar-refractivity contribution is -0.118. The number of carbonyl (C=O) groups is 1. The van der Waals surface area contributed by atoms with E-state index in [1.165, 1.54) is 0 Å². The maximum absolute atomic E-state index is 12.8. The summed E-state index contributed by atoms with van der Waals surface area (Å²) in [6, 6.07) is 13.5. The van der Waals surface area contributed by atoms with Crippen LogP contribution < -0.4 is 14.4 Å². The van der Waals surface area contributed by atoms with Crippen molar-refractivity contribution in [3.63, 3.8) is 0 Å². The van der Waals surface area contributed by atoms with Crippen LogP contribution in [0.4, 0.5) is 5.69 Å². The molecule has 0 aromatic heterocycles. The Balaban J connectivity index is 2.26. The van der Waals surface area contributed by atoms with Crippen LogP contribution >= 0.6 is 0 Å². The Labute approximate surface area is 137 Å². The first kappa shape index (κ1) is 16.9. The van der Waals surface area contributed by atoms with Crippen molar-refractivity contribution >= 4 is 11.6 Å². The summed E-state index contributed by atoms with van der Waals surface area (Å²) in [6.07, 6.45) is 0.266. The number of nitrogens with zero attached hydrogens (tertiary/aromatic N) is 1. The highest BCUT2D eigenvalue weighted by Gasteiger charge is 2.17. The normalized spacial score (nSPS) is 10.3. The van der Waals surface area contributed by atoms with E-state index in [1.807, 2.05) is 56.3 Å². The molecule has 23 heavy (non-hydrogen) atoms. The van der Waals surface area contributed by atoms with E-state index in [2.05, 4.69) is 0 Å². The highest BCUT2D eigenvalue weighted by Crippen LogP contribution is 2.26. The first-order valence-corrected chi connectivity index (χ1v) is 7.67. The predicted molar refractivity (Wildman–Crippen MR) is 92.5 cm³/mol. The summed E-state index contributed by atoms with van der Waals surface area (Å²) >= 11 is 0. The fourth-order valence-corrected chi connectivity index (χ4v) is 2.58. The smallest absolute Gasteiger partial charge is 0.231 e. The summed E-state index contributed by atoms with van der Waals surface area (Å²) in [7, 11) is 3.21. The topological polar surface area (TPSA) is 38.8 Å². The van der Waals surface area contributed by atoms with E-state index in [-0.39, 0.29) is 12.3 Å². The quantitative estimate of drug-likeness (QED) is 0.818. The molecule has 0 saturated heterocycles. The van der Waals surface area contributed by atoms with Gasteiger partial charge in [-0.2, -0.15) is 0 Å². The average molecular weight is 313 g/mol. The van der Waals surface area contributed by atoms with Gasteiger partial charge in [0.05, 0.1) is 20.6 Å². The standard InChI is InChI=1S/C19H23NO3/c1-5-20(16-8-6-7-14(2)11-16)19(21)13-15-12-17(22-3)9-10-18(15)23-4/h6-12H,5,13H2,1-4H3. The van der Waals surface area contributed by atoms with Crippen molar-refractivity contribution < 1.29 is 14.3 Å². The van der Waals surface area contributed by atoms with E-state index in [0.717, 1.165) is 16.8 Å². The largest absolute Gasteiger partial charge is 0.497 e. The van der Waals surface area contributed by atoms with Crippen LogP contribution in [0.25, 0.3) is 0 Å². The molecule has 0 N–H and O–H groups in total. The van der Waals surface area contributed by atoms with Crippen LogP contribution in [0.2, 0.25) is 0 Å². The number of carbonyl (C=O) groups excluding carboxylic acids is 1. The molecule has 4 nitrogen and oxygen atoms in total. The molecule has 4 heteroatoms. The number of likely N-dealkylation sites (N-methyl/N-ethyl adjacent to an activating group) is 1. The molecule has 122 valence electrons. The first-order valence-electron chi connectivity index (χ1n) is 7.67. The summed E-state index contributed by atoms with van der Waals surface area (Å²) in [5.41, 5.74) is 2.87. The molecule has 0 fully saturated rings. The summed E-state index contributed by atoms with van der Waals surface area (Å²) in [6.45, 7) is 4.62. The molecule has 2 rings (SSSR count). The fourth-order valence-electron chi connectivity index (χ4n) is 2.58. The summed E-state index contributed by atoms with van der Waals surface area (Å²) in [5, 5.41) is 0. The van der Waals surface area contributed by atoms with Crippen LogP contribution in [0.1, 0.15) is 18.1 Å². The minimum absolute atomic E-state index is 0.0321. The minimum Gasteiger partial charge on any atom is -0.497 e. The zero-order chi connectivity index (χ0) is 16.8. The molecule has 0 atom stereocenters. The van der Waals surface area contributed by atoms with E-state index in [1.54, 1.807) is 19.1 Å². The van der Waals surface area contributed by atoms with Gasteiger partial charge in [0.25, 0.3) is 0 Å². The molecule has 0 aliphatic heterocycles. The number of amides is 1. The van der Waals surface area contributed by atoms with E-state index in [0.29, 0.717) is 18.0 Å². The second kappa shape index (κ2) is 7.68. The Morgan fingerprint density at radius 2 is 1.87 bits per heavy atom. The third-order valence-corrected chi connectivity index (χ3v) is 3.76. The van der Waals surface area contributed by atoms with Gasteiger partial charge < -0.3 is 14.4 Å². The van der Waals surface area contributed by atoms with Crippen LogP contribution in [0.15, 0.2) is 42.5 Å². The van der Waals surface area contributed by atoms with Crippen LogP contribution in [0.3, 0.4) is 0 Å². The second-order valence-corrected chi connectivity index (χ2v) is 5.33. The molecule has 0 radical (unpaired) electrons. The maximum atomic E-state index is 12.8. The van der Waals surface area contributed by atoms with Crippen molar-refractivity contribution in [1.82, 2.24) is 0 Å². The number of rotatable bonds is 6. The third kappa shape index (κ3) is 4.03. The number of benzene rings is 2. The number of ether oxygens (including phenoxy) is 2. The zero-order valence-corrected chi connectivity index (χ0v) is 14.1. The Morgan fingerprint density at radius 3 is 2.48 bits per heavy atom. The molecular weight excluding hydrogens is 290 g/mol. The van der Waals surface area contributed by atoms with Crippen molar-refractivity contribution in [3.05, 3.63) is 53.6 Å². The van der Waals surface area contributed by atoms with Gasteiger partial charge in [0.1, 0.15) is 11.5 Å². The fraction of sp³-hybridized carbons (Fsp3) is 0.316. The molecule has 0 bridgehead atoms. The molecular formula is C19H23NO3. The Bertz CT molecular complexity index is 682. The third-order valence-electron chi connectivity index (χ3n) is 3.76. The Morgan fingerprint density at radius 1 is 1.09 bits per heavy atom. The zero-order valence-electron chi connectivity index (χ0n) is 14.1. The number of anilines is 1. The highest BCUT2D eigenvalue weighted by atomic mass is 16.5. The number of methoxy groups -OCH3 is 2. The molecule has 2 aromatic carbocycles. The lowest BCUT2D eigenvalue weighted by Gasteiger charge is -2.22. The summed E-state index contributed by atoms with van der Waals surface area (Å²) < 4.78 is 10.6. The van der Waals surface area contributed by atoms with E-state index < -0.39 is 0 Å². The molecule has 0 spiro atoms. The Hall–Kier alpha value is -2.49. The van der Waals surface area contributed by atoms with Gasteiger partial charge in [-0.3, -0.25) is 4.79 Å². The lowest BCUT2D eigenvalue weighted by Crippen LogP contribution is -2.32. The van der Waals surface area contributed by atoms with Gasteiger partial charge in [-0.15, -0.1) is 0 Å². The molecule has 0 aliphatic rings. The highest BCUT2D eigenvalue weighted by molar-refractivity contribution is 5.95. The average Bonchev–Trinajstić information content (AvgIpc) is 2.55. The SMILES string of the molecule is CCN(C(=O)Cc1cc(OC)ccc1OC)c1cccc(C)c1. The van der Waals surface area contributed by atoms with Gasteiger partial charge in [0.15, 0.2) is 0 Å². The molecule has 2 aromatic rings. The van der Waals surface area contributed by atoms with Gasteiger partial charge in [0.2, 0.25) is 5.91 Å². The van der Waals surface area contributed by atoms with Crippen molar-refractivity contribution in [3.8, 4) is 11.5 Å².